The number of carbonyl (C=O) groups excluding carboxylic acids is 1. The zero-order chi connectivity index (χ0) is 14.2. The third kappa shape index (κ3) is 8.97. The first kappa shape index (κ1) is 16.9. The van der Waals surface area contributed by atoms with Crippen LogP contribution in [0.5, 0.6) is 0 Å². The molecule has 0 radical (unpaired) electrons. The Hall–Kier alpha value is -1.12. The van der Waals surface area contributed by atoms with Crippen LogP contribution in [0.25, 0.3) is 0 Å². The summed E-state index contributed by atoms with van der Waals surface area (Å²) in [5.74, 6) is -1.49. The minimum atomic E-state index is -4.33. The second-order valence-electron chi connectivity index (χ2n) is 3.37. The van der Waals surface area contributed by atoms with E-state index in [0.29, 0.717) is 6.42 Å². The fraction of sp³-hybridized carbons (Fsp3) is 0.778. The number of aliphatic carboxylic acids is 1. The SMILES string of the molecule is CCC[C@@H](NC(=O)NCCSC(F)(F)F)C(=O)O. The Bertz CT molecular complexity index is 287. The van der Waals surface area contributed by atoms with Crippen LogP contribution in [0.3, 0.4) is 0 Å². The predicted molar refractivity (Wildman–Crippen MR) is 61.4 cm³/mol. The van der Waals surface area contributed by atoms with Crippen molar-refractivity contribution in [1.82, 2.24) is 10.6 Å². The number of carboxylic acid groups (broad SMARTS) is 1. The van der Waals surface area contributed by atoms with Gasteiger partial charge in [0.15, 0.2) is 0 Å². The molecule has 1 atom stereocenters. The second kappa shape index (κ2) is 8.06. The molecule has 5 nitrogen and oxygen atoms in total. The lowest BCUT2D eigenvalue weighted by Crippen LogP contribution is -2.46. The molecule has 3 N–H and O–H groups in total. The van der Waals surface area contributed by atoms with Gasteiger partial charge in [0.1, 0.15) is 6.04 Å². The highest BCUT2D eigenvalue weighted by Crippen LogP contribution is 2.29. The van der Waals surface area contributed by atoms with Crippen molar-refractivity contribution in [1.29, 1.82) is 0 Å². The lowest BCUT2D eigenvalue weighted by Gasteiger charge is -2.14. The summed E-state index contributed by atoms with van der Waals surface area (Å²) >= 11 is -0.248. The van der Waals surface area contributed by atoms with E-state index in [1.165, 1.54) is 0 Å². The fourth-order valence-electron chi connectivity index (χ4n) is 1.09. The van der Waals surface area contributed by atoms with Crippen LogP contribution in [0, 0.1) is 0 Å². The van der Waals surface area contributed by atoms with Crippen molar-refractivity contribution in [3.05, 3.63) is 0 Å². The van der Waals surface area contributed by atoms with Gasteiger partial charge in [-0.3, -0.25) is 0 Å². The maximum Gasteiger partial charge on any atom is 0.441 e. The Labute approximate surface area is 106 Å². The molecule has 9 heteroatoms. The Morgan fingerprint density at radius 1 is 1.39 bits per heavy atom. The van der Waals surface area contributed by atoms with Gasteiger partial charge in [-0.25, -0.2) is 9.59 Å². The summed E-state index contributed by atoms with van der Waals surface area (Å²) in [6.07, 6.45) is 0.835. The summed E-state index contributed by atoms with van der Waals surface area (Å²) in [4.78, 5) is 21.9. The van der Waals surface area contributed by atoms with Gasteiger partial charge in [0.25, 0.3) is 0 Å². The van der Waals surface area contributed by atoms with E-state index in [1.54, 1.807) is 6.92 Å². The van der Waals surface area contributed by atoms with Gasteiger partial charge in [-0.05, 0) is 18.2 Å². The summed E-state index contributed by atoms with van der Waals surface area (Å²) in [7, 11) is 0. The number of carboxylic acids is 1. The predicted octanol–water partition coefficient (Wildman–Crippen LogP) is 1.79. The Kier molecular flexibility index (Phi) is 7.56. The van der Waals surface area contributed by atoms with Crippen LogP contribution in [-0.4, -0.2) is 41.0 Å². The van der Waals surface area contributed by atoms with Crippen molar-refractivity contribution in [2.24, 2.45) is 0 Å². The monoisotopic (exact) mass is 288 g/mol. The van der Waals surface area contributed by atoms with Gasteiger partial charge in [0.2, 0.25) is 0 Å². The molecule has 0 fully saturated rings. The van der Waals surface area contributed by atoms with Crippen molar-refractivity contribution in [2.45, 2.75) is 31.3 Å². The molecule has 0 heterocycles. The molecule has 18 heavy (non-hydrogen) atoms. The largest absolute Gasteiger partial charge is 0.480 e. The van der Waals surface area contributed by atoms with Crippen molar-refractivity contribution < 1.29 is 27.9 Å². The van der Waals surface area contributed by atoms with Gasteiger partial charge >= 0.3 is 17.5 Å². The molecule has 0 saturated carbocycles. The second-order valence-corrected chi connectivity index (χ2v) is 4.53. The number of hydrogen-bond acceptors (Lipinski definition) is 3. The number of rotatable bonds is 7. The summed E-state index contributed by atoms with van der Waals surface area (Å²) in [6, 6.07) is -1.80. The number of thioether (sulfide) groups is 1. The lowest BCUT2D eigenvalue weighted by atomic mass is 10.2. The van der Waals surface area contributed by atoms with Crippen LogP contribution in [0.2, 0.25) is 0 Å². The molecule has 106 valence electrons. The third-order valence-corrected chi connectivity index (χ3v) is 2.57. The van der Waals surface area contributed by atoms with Gasteiger partial charge in [-0.2, -0.15) is 13.2 Å². The van der Waals surface area contributed by atoms with Crippen LogP contribution >= 0.6 is 11.8 Å². The van der Waals surface area contributed by atoms with Crippen LogP contribution in [0.4, 0.5) is 18.0 Å². The number of urea groups is 1. The zero-order valence-corrected chi connectivity index (χ0v) is 10.5. The van der Waals surface area contributed by atoms with E-state index in [0.717, 1.165) is 0 Å². The van der Waals surface area contributed by atoms with Crippen LogP contribution < -0.4 is 10.6 Å². The van der Waals surface area contributed by atoms with E-state index < -0.39 is 23.6 Å². The number of nitrogens with one attached hydrogen (secondary N) is 2. The molecule has 0 aliphatic rings. The van der Waals surface area contributed by atoms with E-state index in [4.69, 9.17) is 5.11 Å². The lowest BCUT2D eigenvalue weighted by molar-refractivity contribution is -0.139. The Morgan fingerprint density at radius 2 is 2.00 bits per heavy atom. The van der Waals surface area contributed by atoms with E-state index in [2.05, 4.69) is 10.6 Å². The smallest absolute Gasteiger partial charge is 0.441 e. The summed E-state index contributed by atoms with van der Waals surface area (Å²) < 4.78 is 35.3. The molecule has 0 rings (SSSR count). The standard InChI is InChI=1S/C9H15F3N2O3S/c1-2-3-6(7(15)16)14-8(17)13-4-5-18-9(10,11)12/h6H,2-5H2,1H3,(H,15,16)(H2,13,14,17)/t6-/m1/s1. The summed E-state index contributed by atoms with van der Waals surface area (Å²) in [5.41, 5.74) is -4.33. The van der Waals surface area contributed by atoms with Crippen LogP contribution in [0.15, 0.2) is 0 Å². The number of amides is 2. The molecule has 0 aromatic rings. The average Bonchev–Trinajstić information content (AvgIpc) is 2.22. The highest BCUT2D eigenvalue weighted by atomic mass is 32.2. The van der Waals surface area contributed by atoms with E-state index >= 15 is 0 Å². The molecule has 0 unspecified atom stereocenters. The molecule has 0 aliphatic heterocycles. The quantitative estimate of drug-likeness (QED) is 0.624. The van der Waals surface area contributed by atoms with E-state index in [9.17, 15) is 22.8 Å². The summed E-state index contributed by atoms with van der Waals surface area (Å²) in [6.45, 7) is 1.57. The number of hydrogen-bond donors (Lipinski definition) is 3. The number of halogens is 3. The minimum Gasteiger partial charge on any atom is -0.480 e. The first-order valence-electron chi connectivity index (χ1n) is 5.24. The molecular weight excluding hydrogens is 273 g/mol. The Morgan fingerprint density at radius 3 is 2.44 bits per heavy atom. The molecular formula is C9H15F3N2O3S. The van der Waals surface area contributed by atoms with Gasteiger partial charge in [-0.15, -0.1) is 0 Å². The van der Waals surface area contributed by atoms with Gasteiger partial charge in [-0.1, -0.05) is 13.3 Å². The average molecular weight is 288 g/mol. The zero-order valence-electron chi connectivity index (χ0n) is 9.71. The van der Waals surface area contributed by atoms with Crippen molar-refractivity contribution in [2.75, 3.05) is 12.3 Å². The third-order valence-electron chi connectivity index (χ3n) is 1.83. The van der Waals surface area contributed by atoms with Gasteiger partial charge in [0.05, 0.1) is 0 Å². The topological polar surface area (TPSA) is 78.4 Å². The van der Waals surface area contributed by atoms with Crippen molar-refractivity contribution >= 4 is 23.8 Å². The van der Waals surface area contributed by atoms with Crippen molar-refractivity contribution in [3.8, 4) is 0 Å². The molecule has 0 aromatic heterocycles. The first-order valence-corrected chi connectivity index (χ1v) is 6.22. The Balaban J connectivity index is 3.85. The number of carbonyl (C=O) groups is 2. The molecule has 0 bridgehead atoms. The highest BCUT2D eigenvalue weighted by Gasteiger charge is 2.27. The summed E-state index contributed by atoms with van der Waals surface area (Å²) in [5, 5.41) is 13.1. The van der Waals surface area contributed by atoms with E-state index in [1.807, 2.05) is 0 Å². The molecule has 0 aromatic carbocycles. The van der Waals surface area contributed by atoms with E-state index in [-0.39, 0.29) is 30.5 Å². The first-order chi connectivity index (χ1) is 8.26. The van der Waals surface area contributed by atoms with Gasteiger partial charge < -0.3 is 15.7 Å². The van der Waals surface area contributed by atoms with Crippen LogP contribution in [0.1, 0.15) is 19.8 Å². The fourth-order valence-corrected chi connectivity index (χ4v) is 1.52. The normalized spacial score (nSPS) is 12.9. The van der Waals surface area contributed by atoms with Gasteiger partial charge in [0, 0.05) is 12.3 Å². The molecule has 0 spiro atoms. The maximum absolute atomic E-state index is 11.8. The molecule has 0 aliphatic carbocycles. The minimum absolute atomic E-state index is 0.186. The van der Waals surface area contributed by atoms with Crippen LogP contribution in [-0.2, 0) is 4.79 Å². The maximum atomic E-state index is 11.8. The molecule has 2 amide bonds. The van der Waals surface area contributed by atoms with Crippen molar-refractivity contribution in [3.63, 3.8) is 0 Å². The molecule has 0 saturated heterocycles. The highest BCUT2D eigenvalue weighted by molar-refractivity contribution is 8.00. The number of alkyl halides is 3.